The maximum atomic E-state index is 4.50. The molecule has 1 fully saturated rings. The molecule has 0 bridgehead atoms. The van der Waals surface area contributed by atoms with E-state index in [1.165, 1.54) is 83.7 Å². The predicted molar refractivity (Wildman–Crippen MR) is 232 cm³/mol. The highest BCUT2D eigenvalue weighted by Gasteiger charge is 2.33. The van der Waals surface area contributed by atoms with Gasteiger partial charge in [0.2, 0.25) is 0 Å². The Morgan fingerprint density at radius 2 is 1.09 bits per heavy atom. The SMILES string of the molecule is C=CCCC.CC(C1=CCCC=C1)(c1ccccc1)c1ccccc1.CN.Cc1ccccc1C(C)(c1ccccc1)c1ccc(C2CCCC2)cc1. The third kappa shape index (κ3) is 10.2. The first kappa shape index (κ1) is 41.0. The molecule has 0 saturated heterocycles. The highest BCUT2D eigenvalue weighted by Crippen LogP contribution is 2.42. The fraction of sp³-hybridized carbons (Fsp3) is 0.308. The zero-order chi connectivity index (χ0) is 37.9. The van der Waals surface area contributed by atoms with Crippen molar-refractivity contribution in [2.24, 2.45) is 5.73 Å². The number of aryl methyl sites for hydroxylation is 1. The Bertz CT molecular complexity index is 1790. The summed E-state index contributed by atoms with van der Waals surface area (Å²) in [4.78, 5) is 0. The molecule has 5 aromatic carbocycles. The lowest BCUT2D eigenvalue weighted by atomic mass is 9.69. The largest absolute Gasteiger partial charge is 0.333 e. The third-order valence-corrected chi connectivity index (χ3v) is 11.1. The van der Waals surface area contributed by atoms with Gasteiger partial charge in [-0.15, -0.1) is 6.58 Å². The van der Waals surface area contributed by atoms with Crippen LogP contribution in [0.5, 0.6) is 0 Å². The topological polar surface area (TPSA) is 26.0 Å². The lowest BCUT2D eigenvalue weighted by molar-refractivity contribution is 0.681. The minimum Gasteiger partial charge on any atom is -0.333 e. The highest BCUT2D eigenvalue weighted by molar-refractivity contribution is 5.53. The number of unbranched alkanes of at least 4 members (excludes halogenated alkanes) is 1. The van der Waals surface area contributed by atoms with Crippen LogP contribution in [-0.4, -0.2) is 7.05 Å². The zero-order valence-electron chi connectivity index (χ0n) is 33.1. The molecule has 0 spiro atoms. The average molecular weight is 702 g/mol. The molecule has 5 aromatic rings. The molecule has 2 aliphatic carbocycles. The Labute approximate surface area is 322 Å². The second-order valence-electron chi connectivity index (χ2n) is 14.5. The van der Waals surface area contributed by atoms with Crippen LogP contribution in [0.2, 0.25) is 0 Å². The van der Waals surface area contributed by atoms with Crippen LogP contribution in [0.4, 0.5) is 0 Å². The first-order valence-corrected chi connectivity index (χ1v) is 19.8. The molecule has 1 unspecified atom stereocenters. The van der Waals surface area contributed by atoms with Crippen molar-refractivity contribution in [2.45, 2.75) is 95.8 Å². The van der Waals surface area contributed by atoms with E-state index in [4.69, 9.17) is 0 Å². The van der Waals surface area contributed by atoms with Gasteiger partial charge in [-0.1, -0.05) is 190 Å². The summed E-state index contributed by atoms with van der Waals surface area (Å²) in [5.41, 5.74) is 15.4. The van der Waals surface area contributed by atoms with Crippen molar-refractivity contribution in [3.8, 4) is 0 Å². The molecule has 0 aliphatic heterocycles. The summed E-state index contributed by atoms with van der Waals surface area (Å²) in [6.07, 6.45) is 19.1. The van der Waals surface area contributed by atoms with Gasteiger partial charge in [0.05, 0.1) is 0 Å². The van der Waals surface area contributed by atoms with E-state index in [-0.39, 0.29) is 10.8 Å². The molecule has 276 valence electrons. The van der Waals surface area contributed by atoms with E-state index in [2.05, 4.69) is 198 Å². The molecule has 1 heteroatoms. The molecular formula is C52H63N. The maximum absolute atomic E-state index is 4.50. The molecule has 0 heterocycles. The molecule has 0 aromatic heterocycles. The Kier molecular flexibility index (Phi) is 16.3. The normalized spacial score (nSPS) is 14.9. The van der Waals surface area contributed by atoms with Crippen LogP contribution < -0.4 is 5.73 Å². The lowest BCUT2D eigenvalue weighted by Gasteiger charge is -2.33. The van der Waals surface area contributed by atoms with Crippen molar-refractivity contribution in [1.82, 2.24) is 0 Å². The van der Waals surface area contributed by atoms with Gasteiger partial charge in [-0.05, 0) is 110 Å². The fourth-order valence-electron chi connectivity index (χ4n) is 7.96. The monoisotopic (exact) mass is 701 g/mol. The van der Waals surface area contributed by atoms with Crippen LogP contribution in [0.15, 0.2) is 176 Å². The Morgan fingerprint density at radius 3 is 1.53 bits per heavy atom. The van der Waals surface area contributed by atoms with Crippen LogP contribution in [0.25, 0.3) is 0 Å². The number of hydrogen-bond donors (Lipinski definition) is 1. The lowest BCUT2D eigenvalue weighted by Crippen LogP contribution is -2.26. The van der Waals surface area contributed by atoms with Crippen LogP contribution in [-0.2, 0) is 10.8 Å². The standard InChI is InChI=1S/C26H28.C20H20.C5H10.CH5N/c1-20-10-6-9-15-25(20)26(2,23-13-4-3-5-14-23)24-18-16-22(17-19-24)21-11-7-8-12-21;1-20(17-11-5-2-6-12-17,18-13-7-3-8-14-18)19-15-9-4-10-16-19;1-3-5-4-2;1-2/h3-6,9-10,13-19,21H,7-8,11-12H2,1-2H3;2-3,5-9,11-16H,4,10H2,1H3;3H,1,4-5H2,2H3;2H2,1H3. The molecule has 7 rings (SSSR count). The van der Waals surface area contributed by atoms with Gasteiger partial charge < -0.3 is 5.73 Å². The Balaban J connectivity index is 0.000000206. The summed E-state index contributed by atoms with van der Waals surface area (Å²) in [5, 5.41) is 0. The van der Waals surface area contributed by atoms with E-state index in [0.717, 1.165) is 25.2 Å². The van der Waals surface area contributed by atoms with E-state index >= 15 is 0 Å². The summed E-state index contributed by atoms with van der Waals surface area (Å²) in [6.45, 7) is 12.6. The Morgan fingerprint density at radius 1 is 0.623 bits per heavy atom. The number of nitrogens with two attached hydrogens (primary N) is 1. The van der Waals surface area contributed by atoms with E-state index in [0.29, 0.717) is 0 Å². The van der Waals surface area contributed by atoms with Crippen molar-refractivity contribution in [1.29, 1.82) is 0 Å². The molecule has 53 heavy (non-hydrogen) atoms. The third-order valence-electron chi connectivity index (χ3n) is 11.1. The molecule has 0 amide bonds. The Hall–Kier alpha value is -4.72. The van der Waals surface area contributed by atoms with Crippen LogP contribution in [0.3, 0.4) is 0 Å². The van der Waals surface area contributed by atoms with Crippen molar-refractivity contribution < 1.29 is 0 Å². The molecule has 1 saturated carbocycles. The molecule has 1 nitrogen and oxygen atoms in total. The molecule has 1 atom stereocenters. The van der Waals surface area contributed by atoms with Gasteiger partial charge >= 0.3 is 0 Å². The van der Waals surface area contributed by atoms with E-state index in [1.807, 2.05) is 6.08 Å². The van der Waals surface area contributed by atoms with Gasteiger partial charge in [0.25, 0.3) is 0 Å². The number of benzene rings is 5. The van der Waals surface area contributed by atoms with E-state index in [9.17, 15) is 0 Å². The fourth-order valence-corrected chi connectivity index (χ4v) is 7.96. The first-order chi connectivity index (χ1) is 25.9. The predicted octanol–water partition coefficient (Wildman–Crippen LogP) is 13.8. The van der Waals surface area contributed by atoms with Gasteiger partial charge in [-0.2, -0.15) is 0 Å². The van der Waals surface area contributed by atoms with Crippen molar-refractivity contribution in [3.05, 3.63) is 215 Å². The smallest absolute Gasteiger partial charge is 0.0425 e. The molecule has 2 aliphatic rings. The second kappa shape index (κ2) is 21.1. The summed E-state index contributed by atoms with van der Waals surface area (Å²) in [7, 11) is 1.50. The number of hydrogen-bond acceptors (Lipinski definition) is 1. The average Bonchev–Trinajstić information content (AvgIpc) is 3.79. The van der Waals surface area contributed by atoms with Crippen molar-refractivity contribution >= 4 is 0 Å². The summed E-state index contributed by atoms with van der Waals surface area (Å²) in [6, 6.07) is 50.8. The molecule has 0 radical (unpaired) electrons. The quantitative estimate of drug-likeness (QED) is 0.120. The van der Waals surface area contributed by atoms with Crippen LogP contribution in [0.1, 0.15) is 117 Å². The number of rotatable bonds is 9. The minimum absolute atomic E-state index is 0.0700. The second-order valence-corrected chi connectivity index (χ2v) is 14.5. The van der Waals surface area contributed by atoms with Crippen molar-refractivity contribution in [2.75, 3.05) is 7.05 Å². The minimum atomic E-state index is -0.138. The summed E-state index contributed by atoms with van der Waals surface area (Å²) < 4.78 is 0. The van der Waals surface area contributed by atoms with E-state index in [1.54, 1.807) is 0 Å². The number of allylic oxidation sites excluding steroid dienone is 5. The molecular weight excluding hydrogens is 639 g/mol. The van der Waals surface area contributed by atoms with Gasteiger partial charge in [0.1, 0.15) is 0 Å². The van der Waals surface area contributed by atoms with Crippen LogP contribution in [0, 0.1) is 6.92 Å². The van der Waals surface area contributed by atoms with Gasteiger partial charge in [0.15, 0.2) is 0 Å². The van der Waals surface area contributed by atoms with Crippen LogP contribution >= 0.6 is 0 Å². The molecule has 2 N–H and O–H groups in total. The summed E-state index contributed by atoms with van der Waals surface area (Å²) >= 11 is 0. The highest BCUT2D eigenvalue weighted by atomic mass is 14.4. The van der Waals surface area contributed by atoms with Crippen molar-refractivity contribution in [3.63, 3.8) is 0 Å². The van der Waals surface area contributed by atoms with Gasteiger partial charge in [-0.25, -0.2) is 0 Å². The van der Waals surface area contributed by atoms with Gasteiger partial charge in [0, 0.05) is 10.8 Å². The first-order valence-electron chi connectivity index (χ1n) is 19.8. The summed E-state index contributed by atoms with van der Waals surface area (Å²) in [5.74, 6) is 0.769. The van der Waals surface area contributed by atoms with E-state index < -0.39 is 0 Å². The maximum Gasteiger partial charge on any atom is 0.0425 e. The zero-order valence-corrected chi connectivity index (χ0v) is 33.1. The van der Waals surface area contributed by atoms with Gasteiger partial charge in [-0.3, -0.25) is 0 Å².